The second-order valence-corrected chi connectivity index (χ2v) is 5.57. The number of nitrogens with two attached hydrogens (primary N) is 1. The number of nitrogens with one attached hydrogen (secondary N) is 1. The first kappa shape index (κ1) is 12.6. The van der Waals surface area contributed by atoms with Crippen LogP contribution in [0, 0.1) is 3.57 Å². The van der Waals surface area contributed by atoms with Crippen molar-refractivity contribution in [3.8, 4) is 0 Å². The molecule has 88 valence electrons. The lowest BCUT2D eigenvalue weighted by atomic mass is 10.2. The zero-order valence-electron chi connectivity index (χ0n) is 9.41. The van der Waals surface area contributed by atoms with Crippen molar-refractivity contribution in [1.29, 1.82) is 0 Å². The van der Waals surface area contributed by atoms with Crippen LogP contribution in [0.2, 0.25) is 0 Å². The van der Waals surface area contributed by atoms with Crippen molar-refractivity contribution in [2.45, 2.75) is 4.90 Å². The Kier molecular flexibility index (Phi) is 4.17. The summed E-state index contributed by atoms with van der Waals surface area (Å²) in [6.45, 7) is 0. The predicted molar refractivity (Wildman–Crippen MR) is 85.1 cm³/mol. The molecule has 0 saturated heterocycles. The molecule has 2 aromatic rings. The first-order valence-electron chi connectivity index (χ1n) is 5.16. The molecule has 17 heavy (non-hydrogen) atoms. The predicted octanol–water partition coefficient (Wildman–Crippen LogP) is 4.34. The molecule has 2 nitrogen and oxygen atoms in total. The van der Waals surface area contributed by atoms with Gasteiger partial charge >= 0.3 is 0 Å². The summed E-state index contributed by atoms with van der Waals surface area (Å²) in [6.07, 6.45) is 2.08. The molecule has 0 aliphatic heterocycles. The lowest BCUT2D eigenvalue weighted by molar-refractivity contribution is 1.41. The molecule has 0 fully saturated rings. The molecule has 0 aliphatic rings. The SMILES string of the molecule is CSc1ccccc1Nc1ccc(N)cc1I. The third-order valence-electron chi connectivity index (χ3n) is 2.37. The van der Waals surface area contributed by atoms with Crippen LogP contribution < -0.4 is 11.1 Å². The van der Waals surface area contributed by atoms with E-state index in [1.54, 1.807) is 11.8 Å². The maximum Gasteiger partial charge on any atom is 0.0522 e. The zero-order valence-corrected chi connectivity index (χ0v) is 12.4. The molecule has 0 atom stereocenters. The van der Waals surface area contributed by atoms with Gasteiger partial charge in [-0.05, 0) is 59.2 Å². The van der Waals surface area contributed by atoms with Gasteiger partial charge in [-0.1, -0.05) is 12.1 Å². The van der Waals surface area contributed by atoms with Gasteiger partial charge in [0.2, 0.25) is 0 Å². The van der Waals surface area contributed by atoms with Crippen molar-refractivity contribution in [2.24, 2.45) is 0 Å². The third-order valence-corrected chi connectivity index (χ3v) is 4.06. The monoisotopic (exact) mass is 356 g/mol. The molecule has 0 bridgehead atoms. The van der Waals surface area contributed by atoms with Gasteiger partial charge in [-0.15, -0.1) is 11.8 Å². The summed E-state index contributed by atoms with van der Waals surface area (Å²) >= 11 is 4.02. The summed E-state index contributed by atoms with van der Waals surface area (Å²) in [6, 6.07) is 14.2. The summed E-state index contributed by atoms with van der Waals surface area (Å²) < 4.78 is 1.12. The molecule has 0 saturated carbocycles. The molecule has 0 unspecified atom stereocenters. The van der Waals surface area contributed by atoms with Gasteiger partial charge in [0.1, 0.15) is 0 Å². The fourth-order valence-electron chi connectivity index (χ4n) is 1.53. The number of anilines is 3. The Morgan fingerprint density at radius 2 is 1.88 bits per heavy atom. The summed E-state index contributed by atoms with van der Waals surface area (Å²) in [5, 5.41) is 3.44. The van der Waals surface area contributed by atoms with Crippen LogP contribution in [0.15, 0.2) is 47.4 Å². The fourth-order valence-corrected chi connectivity index (χ4v) is 2.75. The van der Waals surface area contributed by atoms with E-state index in [0.717, 1.165) is 20.6 Å². The molecule has 0 heterocycles. The van der Waals surface area contributed by atoms with Gasteiger partial charge in [-0.2, -0.15) is 0 Å². The average molecular weight is 356 g/mol. The molecule has 0 spiro atoms. The van der Waals surface area contributed by atoms with Crippen LogP contribution in [0.4, 0.5) is 17.1 Å². The summed E-state index contributed by atoms with van der Waals surface area (Å²) in [5.41, 5.74) is 8.74. The normalized spacial score (nSPS) is 10.2. The zero-order chi connectivity index (χ0) is 12.3. The van der Waals surface area contributed by atoms with Crippen LogP contribution in [0.25, 0.3) is 0 Å². The number of benzene rings is 2. The number of halogens is 1. The Bertz CT molecular complexity index is 529. The number of hydrogen-bond donors (Lipinski definition) is 2. The minimum absolute atomic E-state index is 0.790. The Hall–Kier alpha value is -0.880. The van der Waals surface area contributed by atoms with Gasteiger partial charge in [0.05, 0.1) is 11.4 Å². The molecule has 0 aromatic heterocycles. The number of para-hydroxylation sites is 1. The van der Waals surface area contributed by atoms with Crippen LogP contribution in [0.1, 0.15) is 0 Å². The van der Waals surface area contributed by atoms with E-state index < -0.39 is 0 Å². The molecular formula is C13H13IN2S. The minimum Gasteiger partial charge on any atom is -0.399 e. The van der Waals surface area contributed by atoms with E-state index >= 15 is 0 Å². The van der Waals surface area contributed by atoms with E-state index in [4.69, 9.17) is 5.73 Å². The van der Waals surface area contributed by atoms with E-state index in [9.17, 15) is 0 Å². The van der Waals surface area contributed by atoms with Crippen LogP contribution in [0.5, 0.6) is 0 Å². The first-order valence-corrected chi connectivity index (χ1v) is 7.46. The highest BCUT2D eigenvalue weighted by molar-refractivity contribution is 14.1. The third kappa shape index (κ3) is 3.07. The second kappa shape index (κ2) is 5.64. The minimum atomic E-state index is 0.790. The Balaban J connectivity index is 2.31. The Morgan fingerprint density at radius 1 is 1.12 bits per heavy atom. The van der Waals surface area contributed by atoms with Crippen molar-refractivity contribution in [2.75, 3.05) is 17.3 Å². The number of rotatable bonds is 3. The number of hydrogen-bond acceptors (Lipinski definition) is 3. The van der Waals surface area contributed by atoms with E-state index in [0.29, 0.717) is 0 Å². The van der Waals surface area contributed by atoms with Crippen molar-refractivity contribution in [1.82, 2.24) is 0 Å². The Labute approximate surface area is 119 Å². The molecule has 2 aromatic carbocycles. The number of thioether (sulfide) groups is 1. The highest BCUT2D eigenvalue weighted by atomic mass is 127. The topological polar surface area (TPSA) is 38.0 Å². The standard InChI is InChI=1S/C13H13IN2S/c1-17-13-5-3-2-4-12(13)16-11-7-6-9(15)8-10(11)14/h2-8,16H,15H2,1H3. The smallest absolute Gasteiger partial charge is 0.0522 e. The lowest BCUT2D eigenvalue weighted by Gasteiger charge is -2.12. The van der Waals surface area contributed by atoms with Crippen LogP contribution in [-0.4, -0.2) is 6.26 Å². The molecule has 0 radical (unpaired) electrons. The molecule has 4 heteroatoms. The van der Waals surface area contributed by atoms with E-state index in [-0.39, 0.29) is 0 Å². The van der Waals surface area contributed by atoms with Crippen LogP contribution in [-0.2, 0) is 0 Å². The van der Waals surface area contributed by atoms with Crippen molar-refractivity contribution in [3.05, 3.63) is 46.0 Å². The fraction of sp³-hybridized carbons (Fsp3) is 0.0769. The van der Waals surface area contributed by atoms with Gasteiger partial charge in [0, 0.05) is 14.2 Å². The summed E-state index contributed by atoms with van der Waals surface area (Å²) in [4.78, 5) is 1.24. The molecule has 0 aliphatic carbocycles. The van der Waals surface area contributed by atoms with Crippen molar-refractivity contribution < 1.29 is 0 Å². The van der Waals surface area contributed by atoms with Crippen LogP contribution in [0.3, 0.4) is 0 Å². The quantitative estimate of drug-likeness (QED) is 0.488. The molecule has 3 N–H and O–H groups in total. The highest BCUT2D eigenvalue weighted by Gasteiger charge is 2.04. The maximum absolute atomic E-state index is 5.74. The largest absolute Gasteiger partial charge is 0.399 e. The van der Waals surface area contributed by atoms with Crippen molar-refractivity contribution in [3.63, 3.8) is 0 Å². The highest BCUT2D eigenvalue weighted by Crippen LogP contribution is 2.30. The molecular weight excluding hydrogens is 343 g/mol. The van der Waals surface area contributed by atoms with Crippen molar-refractivity contribution >= 4 is 51.4 Å². The lowest BCUT2D eigenvalue weighted by Crippen LogP contribution is -1.95. The average Bonchev–Trinajstić information content (AvgIpc) is 2.33. The second-order valence-electron chi connectivity index (χ2n) is 3.56. The van der Waals surface area contributed by atoms with Crippen LogP contribution >= 0.6 is 34.4 Å². The number of nitrogen functional groups attached to an aromatic ring is 1. The summed E-state index contributed by atoms with van der Waals surface area (Å²) in [7, 11) is 0. The first-order chi connectivity index (χ1) is 8.20. The van der Waals surface area contributed by atoms with Gasteiger partial charge in [-0.25, -0.2) is 0 Å². The maximum atomic E-state index is 5.74. The van der Waals surface area contributed by atoms with Gasteiger partial charge in [0.15, 0.2) is 0 Å². The summed E-state index contributed by atoms with van der Waals surface area (Å²) in [5.74, 6) is 0. The van der Waals surface area contributed by atoms with E-state index in [1.807, 2.05) is 30.3 Å². The Morgan fingerprint density at radius 3 is 2.59 bits per heavy atom. The van der Waals surface area contributed by atoms with E-state index in [1.165, 1.54) is 4.90 Å². The molecule has 2 rings (SSSR count). The van der Waals surface area contributed by atoms with Gasteiger partial charge in [-0.3, -0.25) is 0 Å². The van der Waals surface area contributed by atoms with E-state index in [2.05, 4.69) is 46.3 Å². The van der Waals surface area contributed by atoms with Gasteiger partial charge in [0.25, 0.3) is 0 Å². The van der Waals surface area contributed by atoms with Gasteiger partial charge < -0.3 is 11.1 Å². The molecule has 0 amide bonds.